The Morgan fingerprint density at radius 2 is 1.64 bits per heavy atom. The molecule has 0 saturated carbocycles. The van der Waals surface area contributed by atoms with Crippen molar-refractivity contribution in [3.05, 3.63) is 10.7 Å². The van der Waals surface area contributed by atoms with Gasteiger partial charge in [0.25, 0.3) is 0 Å². The molecular weight excluding hydrogens is 218 g/mol. The molecule has 0 aromatic heterocycles. The SMILES string of the molecule is CC(C)(C)S/C(F)=C(/C#N)C(F)(F)F. The minimum absolute atomic E-state index is 0.387. The fourth-order valence-corrected chi connectivity index (χ4v) is 1.34. The molecule has 0 aliphatic heterocycles. The van der Waals surface area contributed by atoms with E-state index in [1.807, 2.05) is 0 Å². The second kappa shape index (κ2) is 4.22. The zero-order chi connectivity index (χ0) is 11.6. The van der Waals surface area contributed by atoms with E-state index in [2.05, 4.69) is 0 Å². The smallest absolute Gasteiger partial charge is 0.198 e. The summed E-state index contributed by atoms with van der Waals surface area (Å²) in [6, 6.07) is 0.823. The van der Waals surface area contributed by atoms with Gasteiger partial charge < -0.3 is 0 Å². The van der Waals surface area contributed by atoms with Crippen LogP contribution in [-0.2, 0) is 0 Å². The van der Waals surface area contributed by atoms with Crippen molar-refractivity contribution in [1.29, 1.82) is 5.26 Å². The van der Waals surface area contributed by atoms with E-state index in [4.69, 9.17) is 5.26 Å². The summed E-state index contributed by atoms with van der Waals surface area (Å²) < 4.78 is 48.3. The van der Waals surface area contributed by atoms with E-state index in [9.17, 15) is 17.6 Å². The van der Waals surface area contributed by atoms with E-state index in [0.717, 1.165) is 6.07 Å². The molecule has 0 atom stereocenters. The molecule has 0 N–H and O–H groups in total. The maximum atomic E-state index is 13.0. The van der Waals surface area contributed by atoms with E-state index in [1.54, 1.807) is 20.8 Å². The highest BCUT2D eigenvalue weighted by Crippen LogP contribution is 2.38. The first-order chi connectivity index (χ1) is 6.08. The highest BCUT2D eigenvalue weighted by atomic mass is 32.2. The molecule has 0 fully saturated rings. The Bertz CT molecular complexity index is 279. The Labute approximate surface area is 83.8 Å². The van der Waals surface area contributed by atoms with E-state index in [1.165, 1.54) is 0 Å². The van der Waals surface area contributed by atoms with Gasteiger partial charge in [0.1, 0.15) is 6.07 Å². The molecule has 0 aliphatic rings. The topological polar surface area (TPSA) is 23.8 Å². The molecule has 80 valence electrons. The Morgan fingerprint density at radius 3 is 1.86 bits per heavy atom. The highest BCUT2D eigenvalue weighted by Gasteiger charge is 2.38. The van der Waals surface area contributed by atoms with Gasteiger partial charge in [-0.2, -0.15) is 22.8 Å². The van der Waals surface area contributed by atoms with Crippen LogP contribution in [0.15, 0.2) is 10.7 Å². The van der Waals surface area contributed by atoms with Crippen LogP contribution < -0.4 is 0 Å². The van der Waals surface area contributed by atoms with Gasteiger partial charge in [0, 0.05) is 4.75 Å². The maximum Gasteiger partial charge on any atom is 0.429 e. The number of alkyl halides is 3. The predicted octanol–water partition coefficient (Wildman–Crippen LogP) is 3.79. The Kier molecular flexibility index (Phi) is 4.01. The second-order valence-electron chi connectivity index (χ2n) is 3.47. The number of thioether (sulfide) groups is 1. The van der Waals surface area contributed by atoms with Crippen molar-refractivity contribution >= 4 is 11.8 Å². The molecule has 0 heterocycles. The number of halogens is 4. The fourth-order valence-electron chi connectivity index (χ4n) is 0.539. The molecule has 0 bridgehead atoms. The molecule has 0 aliphatic carbocycles. The number of allylic oxidation sites excluding steroid dienone is 1. The van der Waals surface area contributed by atoms with Gasteiger partial charge in [-0.05, 0) is 0 Å². The minimum atomic E-state index is -4.92. The van der Waals surface area contributed by atoms with Crippen LogP contribution in [0.25, 0.3) is 0 Å². The highest BCUT2D eigenvalue weighted by molar-refractivity contribution is 8.04. The Morgan fingerprint density at radius 1 is 1.21 bits per heavy atom. The summed E-state index contributed by atoms with van der Waals surface area (Å²) >= 11 is 0.387. The third-order valence-electron chi connectivity index (χ3n) is 0.988. The second-order valence-corrected chi connectivity index (χ2v) is 5.26. The third-order valence-corrected chi connectivity index (χ3v) is 1.98. The first-order valence-corrected chi connectivity index (χ1v) is 4.45. The van der Waals surface area contributed by atoms with Crippen molar-refractivity contribution in [2.45, 2.75) is 31.7 Å². The zero-order valence-electron chi connectivity index (χ0n) is 7.87. The van der Waals surface area contributed by atoms with Crippen LogP contribution >= 0.6 is 11.8 Å². The Hall–Kier alpha value is -0.700. The molecule has 14 heavy (non-hydrogen) atoms. The van der Waals surface area contributed by atoms with E-state index in [0.29, 0.717) is 11.8 Å². The van der Waals surface area contributed by atoms with E-state index in [-0.39, 0.29) is 0 Å². The quantitative estimate of drug-likeness (QED) is 0.502. The zero-order valence-corrected chi connectivity index (χ0v) is 8.68. The van der Waals surface area contributed by atoms with Crippen molar-refractivity contribution in [3.63, 3.8) is 0 Å². The monoisotopic (exact) mass is 227 g/mol. The van der Waals surface area contributed by atoms with Gasteiger partial charge in [-0.15, -0.1) is 0 Å². The van der Waals surface area contributed by atoms with E-state index >= 15 is 0 Å². The molecule has 1 nitrogen and oxygen atoms in total. The molecule has 0 amide bonds. The van der Waals surface area contributed by atoms with Crippen LogP contribution in [0.5, 0.6) is 0 Å². The number of nitrogens with zero attached hydrogens (tertiary/aromatic N) is 1. The molecule has 0 aromatic rings. The van der Waals surface area contributed by atoms with Crippen molar-refractivity contribution < 1.29 is 17.6 Å². The van der Waals surface area contributed by atoms with Gasteiger partial charge >= 0.3 is 6.18 Å². The summed E-state index contributed by atoms with van der Waals surface area (Å²) in [7, 11) is 0. The average Bonchev–Trinajstić information content (AvgIpc) is 1.79. The molecule has 0 rings (SSSR count). The maximum absolute atomic E-state index is 13.0. The third kappa shape index (κ3) is 4.51. The van der Waals surface area contributed by atoms with Crippen molar-refractivity contribution in [2.24, 2.45) is 0 Å². The van der Waals surface area contributed by atoms with Crippen molar-refractivity contribution in [1.82, 2.24) is 0 Å². The van der Waals surface area contributed by atoms with Crippen LogP contribution in [0.4, 0.5) is 17.6 Å². The van der Waals surface area contributed by atoms with Crippen LogP contribution in [0.2, 0.25) is 0 Å². The summed E-state index contributed by atoms with van der Waals surface area (Å²) in [6.07, 6.45) is -4.92. The minimum Gasteiger partial charge on any atom is -0.198 e. The number of nitriles is 1. The summed E-state index contributed by atoms with van der Waals surface area (Å²) in [5.41, 5.74) is -1.77. The van der Waals surface area contributed by atoms with Crippen LogP contribution in [-0.4, -0.2) is 10.9 Å². The molecule has 0 radical (unpaired) electrons. The fraction of sp³-hybridized carbons (Fsp3) is 0.625. The van der Waals surface area contributed by atoms with Gasteiger partial charge in [-0.3, -0.25) is 0 Å². The first-order valence-electron chi connectivity index (χ1n) is 3.64. The molecular formula is C8H9F4NS. The Balaban J connectivity index is 5.00. The largest absolute Gasteiger partial charge is 0.429 e. The molecule has 0 unspecified atom stereocenters. The standard InChI is InChI=1S/C8H9F4NS/c1-7(2,3)14-6(9)5(4-13)8(10,11)12/h1-3H3/b6-5-. The lowest BCUT2D eigenvalue weighted by atomic mass is 10.3. The lowest BCUT2D eigenvalue weighted by Gasteiger charge is -2.16. The average molecular weight is 227 g/mol. The number of hydrogen-bond donors (Lipinski definition) is 0. The van der Waals surface area contributed by atoms with Gasteiger partial charge in [-0.25, -0.2) is 0 Å². The molecule has 0 spiro atoms. The van der Waals surface area contributed by atoms with Crippen molar-refractivity contribution in [2.75, 3.05) is 0 Å². The van der Waals surface area contributed by atoms with Gasteiger partial charge in [0.05, 0.1) is 0 Å². The predicted molar refractivity (Wildman–Crippen MR) is 47.1 cm³/mol. The van der Waals surface area contributed by atoms with Gasteiger partial charge in [0.2, 0.25) is 0 Å². The molecule has 0 aromatic carbocycles. The summed E-state index contributed by atoms with van der Waals surface area (Å²) in [5, 5.41) is 6.67. The lowest BCUT2D eigenvalue weighted by molar-refractivity contribution is -0.0885. The lowest BCUT2D eigenvalue weighted by Crippen LogP contribution is -2.14. The van der Waals surface area contributed by atoms with Gasteiger partial charge in [-0.1, -0.05) is 32.5 Å². The van der Waals surface area contributed by atoms with Gasteiger partial charge in [0.15, 0.2) is 10.7 Å². The normalized spacial score (nSPS) is 14.7. The van der Waals surface area contributed by atoms with Crippen LogP contribution in [0.1, 0.15) is 20.8 Å². The van der Waals surface area contributed by atoms with Crippen molar-refractivity contribution in [3.8, 4) is 6.07 Å². The summed E-state index contributed by atoms with van der Waals surface area (Å²) in [4.78, 5) is 0. The molecule has 0 saturated heterocycles. The van der Waals surface area contributed by atoms with Crippen LogP contribution in [0.3, 0.4) is 0 Å². The molecule has 6 heteroatoms. The van der Waals surface area contributed by atoms with Crippen LogP contribution in [0, 0.1) is 11.3 Å². The summed E-state index contributed by atoms with van der Waals surface area (Å²) in [6.45, 7) is 4.67. The number of hydrogen-bond acceptors (Lipinski definition) is 2. The number of rotatable bonds is 1. The van der Waals surface area contributed by atoms with E-state index < -0.39 is 21.7 Å². The first kappa shape index (κ1) is 13.3. The summed E-state index contributed by atoms with van der Waals surface area (Å²) in [5.74, 6) is 0.